The van der Waals surface area contributed by atoms with E-state index in [2.05, 4.69) is 40.7 Å². The molecule has 1 aliphatic heterocycles. The van der Waals surface area contributed by atoms with Crippen molar-refractivity contribution in [3.05, 3.63) is 28.2 Å². The van der Waals surface area contributed by atoms with Gasteiger partial charge in [0.1, 0.15) is 0 Å². The van der Waals surface area contributed by atoms with Gasteiger partial charge in [0.15, 0.2) is 0 Å². The molecule has 1 aromatic carbocycles. The highest BCUT2D eigenvalue weighted by Crippen LogP contribution is 2.34. The highest BCUT2D eigenvalue weighted by atomic mass is 79.9. The van der Waals surface area contributed by atoms with E-state index in [1.165, 1.54) is 37.9 Å². The standard InChI is InChI=1S/C15H23BrN2/c1-3-15(2)6-8-18(9-7-15)11-12-4-5-13(17)10-14(12)16/h4-5,10H,3,6-9,11,17H2,1-2H3. The van der Waals surface area contributed by atoms with Crippen LogP contribution in [0.1, 0.15) is 38.7 Å². The molecule has 0 bridgehead atoms. The normalized spacial score (nSPS) is 19.9. The van der Waals surface area contributed by atoms with Crippen molar-refractivity contribution >= 4 is 21.6 Å². The van der Waals surface area contributed by atoms with Gasteiger partial charge in [-0.05, 0) is 49.0 Å². The Morgan fingerprint density at radius 2 is 2.00 bits per heavy atom. The van der Waals surface area contributed by atoms with E-state index in [4.69, 9.17) is 5.73 Å². The molecule has 0 saturated carbocycles. The molecular formula is C15H23BrN2. The van der Waals surface area contributed by atoms with Crippen molar-refractivity contribution in [2.45, 2.75) is 39.7 Å². The van der Waals surface area contributed by atoms with Crippen LogP contribution in [0.3, 0.4) is 0 Å². The van der Waals surface area contributed by atoms with Crippen molar-refractivity contribution in [3.8, 4) is 0 Å². The number of nitrogens with two attached hydrogens (primary N) is 1. The summed E-state index contributed by atoms with van der Waals surface area (Å²) >= 11 is 3.60. The van der Waals surface area contributed by atoms with E-state index in [9.17, 15) is 0 Å². The minimum Gasteiger partial charge on any atom is -0.399 e. The number of halogens is 1. The fourth-order valence-electron chi connectivity index (χ4n) is 2.54. The zero-order chi connectivity index (χ0) is 13.2. The van der Waals surface area contributed by atoms with Gasteiger partial charge in [0.05, 0.1) is 0 Å². The molecule has 0 spiro atoms. The lowest BCUT2D eigenvalue weighted by Crippen LogP contribution is -2.37. The molecule has 2 N–H and O–H groups in total. The number of likely N-dealkylation sites (tertiary alicyclic amines) is 1. The molecule has 0 unspecified atom stereocenters. The van der Waals surface area contributed by atoms with Gasteiger partial charge in [0, 0.05) is 16.7 Å². The minimum absolute atomic E-state index is 0.564. The van der Waals surface area contributed by atoms with Crippen molar-refractivity contribution in [1.82, 2.24) is 4.90 Å². The molecule has 2 nitrogen and oxygen atoms in total. The maximum Gasteiger partial charge on any atom is 0.0325 e. The first-order chi connectivity index (χ1) is 8.52. The van der Waals surface area contributed by atoms with Gasteiger partial charge in [-0.25, -0.2) is 0 Å². The molecule has 0 radical (unpaired) electrons. The molecule has 0 aliphatic carbocycles. The average Bonchev–Trinajstić information content (AvgIpc) is 2.36. The zero-order valence-corrected chi connectivity index (χ0v) is 13.0. The van der Waals surface area contributed by atoms with Crippen LogP contribution in [0.4, 0.5) is 5.69 Å². The second-order valence-corrected chi connectivity index (χ2v) is 6.65. The molecule has 1 fully saturated rings. The van der Waals surface area contributed by atoms with Crippen molar-refractivity contribution in [3.63, 3.8) is 0 Å². The van der Waals surface area contributed by atoms with Gasteiger partial charge in [-0.2, -0.15) is 0 Å². The Kier molecular flexibility index (Phi) is 4.33. The average molecular weight is 311 g/mol. The fourth-order valence-corrected chi connectivity index (χ4v) is 3.06. The Labute approximate surface area is 119 Å². The largest absolute Gasteiger partial charge is 0.399 e. The molecule has 100 valence electrons. The van der Waals surface area contributed by atoms with Crippen LogP contribution >= 0.6 is 15.9 Å². The lowest BCUT2D eigenvalue weighted by molar-refractivity contribution is 0.109. The molecule has 3 heteroatoms. The number of nitrogen functional groups attached to an aromatic ring is 1. The summed E-state index contributed by atoms with van der Waals surface area (Å²) in [4.78, 5) is 2.55. The van der Waals surface area contributed by atoms with Crippen LogP contribution in [-0.4, -0.2) is 18.0 Å². The van der Waals surface area contributed by atoms with Gasteiger partial charge >= 0.3 is 0 Å². The van der Waals surface area contributed by atoms with E-state index in [1.54, 1.807) is 0 Å². The highest BCUT2D eigenvalue weighted by molar-refractivity contribution is 9.10. The maximum absolute atomic E-state index is 5.77. The van der Waals surface area contributed by atoms with Crippen LogP contribution in [0.2, 0.25) is 0 Å². The van der Waals surface area contributed by atoms with E-state index < -0.39 is 0 Å². The van der Waals surface area contributed by atoms with Crippen LogP contribution in [0.15, 0.2) is 22.7 Å². The minimum atomic E-state index is 0.564. The van der Waals surface area contributed by atoms with Crippen molar-refractivity contribution in [1.29, 1.82) is 0 Å². The molecule has 0 aromatic heterocycles. The number of anilines is 1. The Hall–Kier alpha value is -0.540. The number of benzene rings is 1. The van der Waals surface area contributed by atoms with E-state index >= 15 is 0 Å². The third kappa shape index (κ3) is 3.27. The second kappa shape index (κ2) is 5.62. The van der Waals surface area contributed by atoms with Crippen LogP contribution in [0, 0.1) is 5.41 Å². The van der Waals surface area contributed by atoms with Gasteiger partial charge in [0.25, 0.3) is 0 Å². The Balaban J connectivity index is 1.95. The predicted octanol–water partition coefficient (Wildman–Crippen LogP) is 4.04. The summed E-state index contributed by atoms with van der Waals surface area (Å²) in [5.41, 5.74) is 8.49. The van der Waals surface area contributed by atoms with Gasteiger partial charge in [-0.1, -0.05) is 42.3 Å². The van der Waals surface area contributed by atoms with E-state index in [-0.39, 0.29) is 0 Å². The predicted molar refractivity (Wildman–Crippen MR) is 81.5 cm³/mol. The van der Waals surface area contributed by atoms with Crippen LogP contribution in [0.25, 0.3) is 0 Å². The summed E-state index contributed by atoms with van der Waals surface area (Å²) in [5.74, 6) is 0. The number of piperidine rings is 1. The fraction of sp³-hybridized carbons (Fsp3) is 0.600. The lowest BCUT2D eigenvalue weighted by Gasteiger charge is -2.39. The number of nitrogens with zero attached hydrogens (tertiary/aromatic N) is 1. The molecule has 1 aliphatic rings. The smallest absolute Gasteiger partial charge is 0.0325 e. The topological polar surface area (TPSA) is 29.3 Å². The maximum atomic E-state index is 5.77. The first-order valence-electron chi connectivity index (χ1n) is 6.79. The SMILES string of the molecule is CCC1(C)CCN(Cc2ccc(N)cc2Br)CC1. The molecule has 18 heavy (non-hydrogen) atoms. The summed E-state index contributed by atoms with van der Waals surface area (Å²) in [6.07, 6.45) is 3.93. The van der Waals surface area contributed by atoms with Gasteiger partial charge < -0.3 is 5.73 Å². The summed E-state index contributed by atoms with van der Waals surface area (Å²) in [6, 6.07) is 6.11. The Bertz CT molecular complexity index is 409. The van der Waals surface area contributed by atoms with Crippen molar-refractivity contribution in [2.24, 2.45) is 5.41 Å². The lowest BCUT2D eigenvalue weighted by atomic mass is 9.78. The molecule has 1 heterocycles. The van der Waals surface area contributed by atoms with Crippen LogP contribution in [-0.2, 0) is 6.54 Å². The summed E-state index contributed by atoms with van der Waals surface area (Å²) < 4.78 is 1.13. The second-order valence-electron chi connectivity index (χ2n) is 5.79. The molecule has 2 rings (SSSR count). The first-order valence-corrected chi connectivity index (χ1v) is 7.58. The summed E-state index contributed by atoms with van der Waals surface area (Å²) in [7, 11) is 0. The zero-order valence-electron chi connectivity index (χ0n) is 11.4. The van der Waals surface area contributed by atoms with Crippen LogP contribution in [0.5, 0.6) is 0 Å². The van der Waals surface area contributed by atoms with Gasteiger partial charge in [-0.15, -0.1) is 0 Å². The first kappa shape index (κ1) is 13.9. The van der Waals surface area contributed by atoms with Crippen LogP contribution < -0.4 is 5.73 Å². The molecular weight excluding hydrogens is 288 g/mol. The Morgan fingerprint density at radius 3 is 2.56 bits per heavy atom. The monoisotopic (exact) mass is 310 g/mol. The summed E-state index contributed by atoms with van der Waals surface area (Å²) in [5, 5.41) is 0. The van der Waals surface area contributed by atoms with E-state index in [0.717, 1.165) is 16.7 Å². The van der Waals surface area contributed by atoms with Crippen molar-refractivity contribution < 1.29 is 0 Å². The quantitative estimate of drug-likeness (QED) is 0.854. The number of hydrogen-bond acceptors (Lipinski definition) is 2. The molecule has 1 saturated heterocycles. The summed E-state index contributed by atoms with van der Waals surface area (Å²) in [6.45, 7) is 8.18. The molecule has 0 amide bonds. The van der Waals surface area contributed by atoms with Gasteiger partial charge in [0.2, 0.25) is 0 Å². The van der Waals surface area contributed by atoms with Crippen molar-refractivity contribution in [2.75, 3.05) is 18.8 Å². The number of hydrogen-bond donors (Lipinski definition) is 1. The van der Waals surface area contributed by atoms with E-state index in [0.29, 0.717) is 5.41 Å². The third-order valence-electron chi connectivity index (χ3n) is 4.39. The third-order valence-corrected chi connectivity index (χ3v) is 5.13. The Morgan fingerprint density at radius 1 is 1.33 bits per heavy atom. The number of rotatable bonds is 3. The molecule has 0 atom stereocenters. The molecule has 1 aromatic rings. The van der Waals surface area contributed by atoms with Gasteiger partial charge in [-0.3, -0.25) is 4.90 Å². The van der Waals surface area contributed by atoms with E-state index in [1.807, 2.05) is 12.1 Å². The highest BCUT2D eigenvalue weighted by Gasteiger charge is 2.28.